The van der Waals surface area contributed by atoms with Gasteiger partial charge < -0.3 is 15.0 Å². The van der Waals surface area contributed by atoms with Gasteiger partial charge in [0.1, 0.15) is 0 Å². The highest BCUT2D eigenvalue weighted by molar-refractivity contribution is 5.60. The van der Waals surface area contributed by atoms with E-state index in [1.165, 1.54) is 6.92 Å². The first-order valence-electron chi connectivity index (χ1n) is 3.10. The Morgan fingerprint density at radius 2 is 2.00 bits per heavy atom. The van der Waals surface area contributed by atoms with Crippen molar-refractivity contribution in [3.8, 4) is 0 Å². The van der Waals surface area contributed by atoms with Gasteiger partial charge in [-0.2, -0.15) is 0 Å². The van der Waals surface area contributed by atoms with Crippen LogP contribution in [0.1, 0.15) is 27.2 Å². The fourth-order valence-electron chi connectivity index (χ4n) is 0.0645. The first-order valence-corrected chi connectivity index (χ1v) is 3.10. The van der Waals surface area contributed by atoms with Gasteiger partial charge in [-0.25, -0.2) is 0 Å². The van der Waals surface area contributed by atoms with Crippen molar-refractivity contribution in [3.63, 3.8) is 0 Å². The number of carbonyl (C=O) groups excluding carboxylic acids is 1. The molecule has 1 N–H and O–H groups in total. The maximum Gasteiger partial charge on any atom is 0.194 e. The number of nitrogens with zero attached hydrogens (tertiary/aromatic N) is 1. The lowest BCUT2D eigenvalue weighted by Crippen LogP contribution is -2.17. The molecule has 0 saturated carbocycles. The third kappa shape index (κ3) is 17.6. The summed E-state index contributed by atoms with van der Waals surface area (Å²) in [4.78, 5) is 18.4. The Kier molecular flexibility index (Phi) is 6.67. The molecule has 0 spiro atoms. The molecule has 0 aliphatic heterocycles. The van der Waals surface area contributed by atoms with E-state index in [0.29, 0.717) is 6.42 Å². The van der Waals surface area contributed by atoms with E-state index in [-0.39, 0.29) is 0 Å². The third-order valence-electron chi connectivity index (χ3n) is 0.866. The predicted octanol–water partition coefficient (Wildman–Crippen LogP) is -0.372. The van der Waals surface area contributed by atoms with Crippen molar-refractivity contribution in [2.75, 3.05) is 0 Å². The summed E-state index contributed by atoms with van der Waals surface area (Å²) in [5.74, 6) is -1.08. The molecule has 1 unspecified atom stereocenters. The van der Waals surface area contributed by atoms with Crippen LogP contribution in [-0.2, 0) is 4.79 Å². The Balaban J connectivity index is 0. The number of aliphatic hydroxyl groups is 1. The molecule has 0 aromatic carbocycles. The molecule has 0 rings (SSSR count). The summed E-state index contributed by atoms with van der Waals surface area (Å²) in [7, 11) is 0. The molecular weight excluding hydrogens is 150 g/mol. The molecule has 0 heterocycles. The molecule has 0 saturated heterocycles. The van der Waals surface area contributed by atoms with E-state index >= 15 is 0 Å². The summed E-state index contributed by atoms with van der Waals surface area (Å²) >= 11 is 0. The zero-order valence-electron chi connectivity index (χ0n) is 6.83. The van der Waals surface area contributed by atoms with Crippen LogP contribution >= 0.6 is 0 Å². The second-order valence-electron chi connectivity index (χ2n) is 2.15. The van der Waals surface area contributed by atoms with Crippen LogP contribution in [0.4, 0.5) is 0 Å². The second kappa shape index (κ2) is 5.79. The lowest BCUT2D eigenvalue weighted by Gasteiger charge is -2.07. The van der Waals surface area contributed by atoms with Gasteiger partial charge in [-0.15, -0.1) is 4.91 Å². The molecule has 0 aromatic heterocycles. The normalized spacial score (nSPS) is 13.8. The molecule has 0 aliphatic rings. The molecule has 0 fully saturated rings. The number of carboxylic acid groups (broad SMARTS) is 1. The summed E-state index contributed by atoms with van der Waals surface area (Å²) in [5, 5.41) is 20.0. The van der Waals surface area contributed by atoms with E-state index in [1.807, 2.05) is 0 Å². The fourth-order valence-corrected chi connectivity index (χ4v) is 0.0645. The first kappa shape index (κ1) is 12.7. The summed E-state index contributed by atoms with van der Waals surface area (Å²) < 4.78 is 0. The molecule has 11 heavy (non-hydrogen) atoms. The van der Waals surface area contributed by atoms with Gasteiger partial charge in [-0.05, 0) is 25.4 Å². The minimum atomic E-state index is -1.35. The minimum absolute atomic E-state index is 0.372. The zero-order valence-corrected chi connectivity index (χ0v) is 6.83. The molecule has 1 atom stereocenters. The number of carbonyl (C=O) groups is 1. The van der Waals surface area contributed by atoms with E-state index < -0.39 is 11.7 Å². The van der Waals surface area contributed by atoms with Gasteiger partial charge in [0.15, 0.2) is 5.72 Å². The van der Waals surface area contributed by atoms with Crippen LogP contribution in [0.25, 0.3) is 0 Å². The van der Waals surface area contributed by atoms with Crippen LogP contribution in [-0.4, -0.2) is 16.8 Å². The van der Waals surface area contributed by atoms with Gasteiger partial charge >= 0.3 is 0 Å². The molecule has 0 aliphatic carbocycles. The van der Waals surface area contributed by atoms with Crippen molar-refractivity contribution in [2.45, 2.75) is 32.9 Å². The lowest BCUT2D eigenvalue weighted by molar-refractivity contribution is -0.302. The Morgan fingerprint density at radius 1 is 1.73 bits per heavy atom. The summed E-state index contributed by atoms with van der Waals surface area (Å²) in [6.07, 6.45) is 0.372. The highest BCUT2D eigenvalue weighted by atomic mass is 16.4. The number of carboxylic acids is 1. The summed E-state index contributed by atoms with van der Waals surface area (Å²) in [6, 6.07) is 0. The Hall–Kier alpha value is -0.970. The average molecular weight is 162 g/mol. The van der Waals surface area contributed by atoms with E-state index in [9.17, 15) is 4.91 Å². The van der Waals surface area contributed by atoms with E-state index in [1.54, 1.807) is 6.92 Å². The van der Waals surface area contributed by atoms with Crippen LogP contribution in [0.15, 0.2) is 5.18 Å². The van der Waals surface area contributed by atoms with Gasteiger partial charge in [0.2, 0.25) is 0 Å². The molecule has 66 valence electrons. The van der Waals surface area contributed by atoms with Crippen molar-refractivity contribution in [3.05, 3.63) is 4.91 Å². The van der Waals surface area contributed by atoms with Gasteiger partial charge in [-0.3, -0.25) is 0 Å². The quantitative estimate of drug-likeness (QED) is 0.561. The van der Waals surface area contributed by atoms with E-state index in [4.69, 9.17) is 15.0 Å². The Bertz CT molecular complexity index is 129. The molecule has 5 heteroatoms. The zero-order chi connectivity index (χ0) is 9.49. The Labute approximate surface area is 65.0 Å². The van der Waals surface area contributed by atoms with Gasteiger partial charge in [0.25, 0.3) is 0 Å². The van der Waals surface area contributed by atoms with Crippen LogP contribution < -0.4 is 5.11 Å². The number of rotatable bonds is 2. The number of hydrogen-bond acceptors (Lipinski definition) is 5. The first-order chi connectivity index (χ1) is 4.85. The molecule has 0 bridgehead atoms. The minimum Gasteiger partial charge on any atom is -0.550 e. The number of nitroso groups, excluding NO2 is 1. The maximum atomic E-state index is 9.56. The van der Waals surface area contributed by atoms with Crippen molar-refractivity contribution >= 4 is 5.97 Å². The molecular formula is C6H12NO4-. The van der Waals surface area contributed by atoms with Crippen molar-refractivity contribution in [2.24, 2.45) is 5.18 Å². The molecule has 0 aromatic rings. The van der Waals surface area contributed by atoms with Gasteiger partial charge in [-0.1, -0.05) is 6.92 Å². The SMILES string of the molecule is CC(=O)[O-].CCC(C)(O)N=O. The van der Waals surface area contributed by atoms with Crippen molar-refractivity contribution < 1.29 is 15.0 Å². The number of aliphatic carboxylic acids is 1. The number of hydrogen-bond donors (Lipinski definition) is 1. The predicted molar refractivity (Wildman–Crippen MR) is 37.4 cm³/mol. The molecule has 0 radical (unpaired) electrons. The average Bonchev–Trinajstić information content (AvgIpc) is 1.87. The van der Waals surface area contributed by atoms with E-state index in [2.05, 4.69) is 5.18 Å². The molecule has 0 amide bonds. The largest absolute Gasteiger partial charge is 0.550 e. The standard InChI is InChI=1S/C4H9NO2.C2H4O2/c1-3-4(2,6)5-7;1-2(3)4/h6H,3H2,1-2H3;1H3,(H,3,4)/p-1. The van der Waals surface area contributed by atoms with Gasteiger partial charge in [0.05, 0.1) is 0 Å². The van der Waals surface area contributed by atoms with E-state index in [0.717, 1.165) is 6.92 Å². The van der Waals surface area contributed by atoms with Gasteiger partial charge in [0, 0.05) is 5.97 Å². The topological polar surface area (TPSA) is 89.8 Å². The maximum absolute atomic E-state index is 9.56. The van der Waals surface area contributed by atoms with Crippen LogP contribution in [0, 0.1) is 4.91 Å². The second-order valence-corrected chi connectivity index (χ2v) is 2.15. The summed E-state index contributed by atoms with van der Waals surface area (Å²) in [5.41, 5.74) is -1.35. The summed E-state index contributed by atoms with van der Waals surface area (Å²) in [6.45, 7) is 4.04. The van der Waals surface area contributed by atoms with Crippen LogP contribution in [0.5, 0.6) is 0 Å². The van der Waals surface area contributed by atoms with Crippen LogP contribution in [0.3, 0.4) is 0 Å². The monoisotopic (exact) mass is 162 g/mol. The Morgan fingerprint density at radius 3 is 2.00 bits per heavy atom. The van der Waals surface area contributed by atoms with Crippen LogP contribution in [0.2, 0.25) is 0 Å². The highest BCUT2D eigenvalue weighted by Gasteiger charge is 2.15. The third-order valence-corrected chi connectivity index (χ3v) is 0.866. The highest BCUT2D eigenvalue weighted by Crippen LogP contribution is 2.07. The smallest absolute Gasteiger partial charge is 0.194 e. The lowest BCUT2D eigenvalue weighted by atomic mass is 10.2. The van der Waals surface area contributed by atoms with Crippen molar-refractivity contribution in [1.29, 1.82) is 0 Å². The molecule has 5 nitrogen and oxygen atoms in total. The van der Waals surface area contributed by atoms with Crippen molar-refractivity contribution in [1.82, 2.24) is 0 Å². The fraction of sp³-hybridized carbons (Fsp3) is 0.833.